The van der Waals surface area contributed by atoms with Crippen molar-refractivity contribution in [1.29, 1.82) is 0 Å². The van der Waals surface area contributed by atoms with Crippen LogP contribution in [-0.4, -0.2) is 4.92 Å². The van der Waals surface area contributed by atoms with Crippen molar-refractivity contribution < 1.29 is 9.31 Å². The third-order valence-corrected chi connectivity index (χ3v) is 1.62. The molecule has 0 aromatic heterocycles. The van der Waals surface area contributed by atoms with Crippen LogP contribution in [0.25, 0.3) is 4.85 Å². The molecule has 0 aliphatic carbocycles. The molecule has 0 fully saturated rings. The highest BCUT2D eigenvalue weighted by Gasteiger charge is 2.17. The molecule has 1 aromatic rings. The van der Waals surface area contributed by atoms with Crippen molar-refractivity contribution in [3.05, 3.63) is 44.5 Å². The fourth-order valence-electron chi connectivity index (χ4n) is 0.762. The maximum absolute atomic E-state index is 12.7. The van der Waals surface area contributed by atoms with Crippen LogP contribution in [-0.2, 0) is 0 Å². The van der Waals surface area contributed by atoms with Crippen LogP contribution in [0.2, 0.25) is 5.02 Å². The minimum atomic E-state index is -0.902. The van der Waals surface area contributed by atoms with Crippen LogP contribution in [0.1, 0.15) is 0 Å². The highest BCUT2D eigenvalue weighted by atomic mass is 35.5. The molecule has 66 valence electrons. The number of hydrogen-bond donors (Lipinski definition) is 0. The second kappa shape index (κ2) is 3.37. The fraction of sp³-hybridized carbons (Fsp3) is 0. The Morgan fingerprint density at radius 1 is 1.62 bits per heavy atom. The largest absolute Gasteiger partial charge is 0.281 e. The minimum Gasteiger partial charge on any atom is -0.260 e. The van der Waals surface area contributed by atoms with Gasteiger partial charge in [-0.1, -0.05) is 11.6 Å². The molecule has 0 saturated carbocycles. The van der Waals surface area contributed by atoms with Gasteiger partial charge < -0.3 is 0 Å². The molecule has 0 bridgehead atoms. The summed E-state index contributed by atoms with van der Waals surface area (Å²) in [5.41, 5.74) is -0.840. The Morgan fingerprint density at radius 3 is 2.69 bits per heavy atom. The number of rotatable bonds is 1. The van der Waals surface area contributed by atoms with Gasteiger partial charge in [0, 0.05) is 6.07 Å². The number of benzene rings is 1. The smallest absolute Gasteiger partial charge is 0.260 e. The second-order valence-electron chi connectivity index (χ2n) is 2.12. The van der Waals surface area contributed by atoms with Crippen LogP contribution in [0.15, 0.2) is 12.1 Å². The molecule has 1 aromatic carbocycles. The molecule has 0 spiro atoms. The fourth-order valence-corrected chi connectivity index (χ4v) is 0.920. The Bertz CT molecular complexity index is 414. The maximum Gasteiger partial charge on any atom is 0.281 e. The lowest BCUT2D eigenvalue weighted by Gasteiger charge is -1.96. The maximum atomic E-state index is 12.7. The summed E-state index contributed by atoms with van der Waals surface area (Å²) >= 11 is 5.33. The van der Waals surface area contributed by atoms with Gasteiger partial charge in [-0.2, -0.15) is 0 Å². The summed E-state index contributed by atoms with van der Waals surface area (Å²) < 4.78 is 12.7. The predicted molar refractivity (Wildman–Crippen MR) is 44.3 cm³/mol. The van der Waals surface area contributed by atoms with E-state index in [0.717, 1.165) is 6.07 Å². The Morgan fingerprint density at radius 2 is 2.23 bits per heavy atom. The Balaban J connectivity index is 3.44. The molecular weight excluding hydrogens is 199 g/mol. The third kappa shape index (κ3) is 1.73. The predicted octanol–water partition coefficient (Wildman–Crippen LogP) is 2.94. The molecule has 0 radical (unpaired) electrons. The molecular formula is C7H2ClFN2O2. The lowest BCUT2D eigenvalue weighted by molar-refractivity contribution is -0.384. The van der Waals surface area contributed by atoms with Crippen molar-refractivity contribution in [3.63, 3.8) is 0 Å². The first-order valence-corrected chi connectivity index (χ1v) is 3.45. The molecule has 0 atom stereocenters. The van der Waals surface area contributed by atoms with Crippen LogP contribution in [0, 0.1) is 22.5 Å². The van der Waals surface area contributed by atoms with Crippen LogP contribution in [0.3, 0.4) is 0 Å². The van der Waals surface area contributed by atoms with Crippen LogP contribution in [0.4, 0.5) is 15.8 Å². The Labute approximate surface area is 77.5 Å². The highest BCUT2D eigenvalue weighted by molar-refractivity contribution is 6.31. The van der Waals surface area contributed by atoms with E-state index in [1.807, 2.05) is 0 Å². The van der Waals surface area contributed by atoms with Crippen molar-refractivity contribution in [3.8, 4) is 0 Å². The zero-order valence-corrected chi connectivity index (χ0v) is 6.88. The van der Waals surface area contributed by atoms with Gasteiger partial charge in [0.2, 0.25) is 0 Å². The average Bonchev–Trinajstić information content (AvgIpc) is 2.08. The van der Waals surface area contributed by atoms with E-state index in [2.05, 4.69) is 4.85 Å². The summed E-state index contributed by atoms with van der Waals surface area (Å²) in [5.74, 6) is -0.902. The van der Waals surface area contributed by atoms with Crippen LogP contribution >= 0.6 is 11.6 Å². The van der Waals surface area contributed by atoms with Crippen molar-refractivity contribution in [2.45, 2.75) is 0 Å². The summed E-state index contributed by atoms with van der Waals surface area (Å²) in [6, 6.07) is 1.57. The normalized spacial score (nSPS) is 9.31. The van der Waals surface area contributed by atoms with Gasteiger partial charge in [-0.05, 0) is 6.07 Å². The van der Waals surface area contributed by atoms with Gasteiger partial charge in [0.1, 0.15) is 5.82 Å². The van der Waals surface area contributed by atoms with Crippen molar-refractivity contribution in [2.24, 2.45) is 0 Å². The minimum absolute atomic E-state index is 0.267. The molecule has 0 unspecified atom stereocenters. The SMILES string of the molecule is [C-]#[N+]c1cc(Cl)c(F)cc1[N+](=O)[O-]. The summed E-state index contributed by atoms with van der Waals surface area (Å²) in [5, 5.41) is 10.0. The summed E-state index contributed by atoms with van der Waals surface area (Å²) in [4.78, 5) is 12.3. The molecule has 13 heavy (non-hydrogen) atoms. The summed E-state index contributed by atoms with van der Waals surface area (Å²) in [6.07, 6.45) is 0. The molecule has 0 amide bonds. The summed E-state index contributed by atoms with van der Waals surface area (Å²) in [7, 11) is 0. The van der Waals surface area contributed by atoms with Crippen molar-refractivity contribution in [2.75, 3.05) is 0 Å². The first-order chi connectivity index (χ1) is 6.06. The van der Waals surface area contributed by atoms with Crippen molar-refractivity contribution >= 4 is 23.0 Å². The van der Waals surface area contributed by atoms with Gasteiger partial charge >= 0.3 is 0 Å². The number of halogens is 2. The lowest BCUT2D eigenvalue weighted by atomic mass is 10.2. The first-order valence-electron chi connectivity index (χ1n) is 3.07. The first kappa shape index (κ1) is 9.42. The van der Waals surface area contributed by atoms with E-state index in [0.29, 0.717) is 6.07 Å². The number of nitro groups is 1. The Kier molecular flexibility index (Phi) is 2.44. The monoisotopic (exact) mass is 200 g/mol. The third-order valence-electron chi connectivity index (χ3n) is 1.33. The second-order valence-corrected chi connectivity index (χ2v) is 2.53. The number of nitro benzene ring substituents is 1. The van der Waals surface area contributed by atoms with E-state index >= 15 is 0 Å². The molecule has 0 aliphatic rings. The average molecular weight is 201 g/mol. The van der Waals surface area contributed by atoms with E-state index < -0.39 is 16.4 Å². The molecule has 0 N–H and O–H groups in total. The molecule has 0 aliphatic heterocycles. The van der Waals surface area contributed by atoms with Gasteiger partial charge in [0.05, 0.1) is 16.5 Å². The molecule has 0 heterocycles. The van der Waals surface area contributed by atoms with Gasteiger partial charge in [-0.3, -0.25) is 10.1 Å². The van der Waals surface area contributed by atoms with E-state index in [1.54, 1.807) is 0 Å². The summed E-state index contributed by atoms with van der Waals surface area (Å²) in [6.45, 7) is 6.58. The standard InChI is InChI=1S/C7H2ClFN2O2/c1-10-6-2-4(8)5(9)3-7(6)11(12)13/h2-3H. The Hall–Kier alpha value is -1.67. The zero-order valence-electron chi connectivity index (χ0n) is 6.12. The van der Waals surface area contributed by atoms with Gasteiger partial charge in [0.25, 0.3) is 11.4 Å². The topological polar surface area (TPSA) is 47.5 Å². The van der Waals surface area contributed by atoms with Crippen molar-refractivity contribution in [1.82, 2.24) is 0 Å². The molecule has 1 rings (SSSR count). The van der Waals surface area contributed by atoms with E-state index in [1.165, 1.54) is 0 Å². The van der Waals surface area contributed by atoms with Gasteiger partial charge in [-0.15, -0.1) is 0 Å². The van der Waals surface area contributed by atoms with E-state index in [9.17, 15) is 14.5 Å². The van der Waals surface area contributed by atoms with Gasteiger partial charge in [0.15, 0.2) is 0 Å². The quantitative estimate of drug-likeness (QED) is 0.398. The van der Waals surface area contributed by atoms with E-state index in [-0.39, 0.29) is 10.7 Å². The highest BCUT2D eigenvalue weighted by Crippen LogP contribution is 2.32. The molecule has 4 nitrogen and oxygen atoms in total. The number of hydrogen-bond acceptors (Lipinski definition) is 2. The van der Waals surface area contributed by atoms with Crippen LogP contribution < -0.4 is 0 Å². The molecule has 6 heteroatoms. The number of nitrogens with zero attached hydrogens (tertiary/aromatic N) is 2. The van der Waals surface area contributed by atoms with Gasteiger partial charge in [-0.25, -0.2) is 9.24 Å². The van der Waals surface area contributed by atoms with E-state index in [4.69, 9.17) is 18.2 Å². The lowest BCUT2D eigenvalue weighted by Crippen LogP contribution is -1.89. The molecule has 0 saturated heterocycles. The van der Waals surface area contributed by atoms with Crippen LogP contribution in [0.5, 0.6) is 0 Å². The zero-order chi connectivity index (χ0) is 10.0.